The third-order valence-electron chi connectivity index (χ3n) is 5.47. The zero-order valence-corrected chi connectivity index (χ0v) is 16.7. The number of rotatable bonds is 5. The van der Waals surface area contributed by atoms with Gasteiger partial charge in [-0.25, -0.2) is 0 Å². The molecule has 0 spiro atoms. The topological polar surface area (TPSA) is 91.6 Å². The largest absolute Gasteiger partial charge is 0.368 e. The fraction of sp³-hybridized carbons (Fsp3) is 0.273. The van der Waals surface area contributed by atoms with Crippen LogP contribution in [0.15, 0.2) is 54.9 Å². The quantitative estimate of drug-likeness (QED) is 0.518. The first kappa shape index (κ1) is 19.8. The van der Waals surface area contributed by atoms with Gasteiger partial charge in [-0.2, -0.15) is 0 Å². The van der Waals surface area contributed by atoms with E-state index >= 15 is 0 Å². The lowest BCUT2D eigenvalue weighted by molar-refractivity contribution is -0.383. The Morgan fingerprint density at radius 1 is 1.10 bits per heavy atom. The van der Waals surface area contributed by atoms with Crippen molar-refractivity contribution in [2.45, 2.75) is 6.92 Å². The zero-order chi connectivity index (χ0) is 21.1. The molecule has 154 valence electrons. The molecular formula is C22H23N5O3. The van der Waals surface area contributed by atoms with Crippen molar-refractivity contribution in [3.8, 4) is 0 Å². The average Bonchev–Trinajstić information content (AvgIpc) is 2.75. The summed E-state index contributed by atoms with van der Waals surface area (Å²) in [6.45, 7) is 5.28. The standard InChI is InChI=1S/C22H23N5O3/c1-16-4-2-3-5-19(16)24-22(28)15-25-10-12-26(13-11-25)20-6-7-21(27(29)30)18-14-23-9-8-17(18)20/h2-9,14H,10-13,15H2,1H3,(H,24,28). The predicted molar refractivity (Wildman–Crippen MR) is 117 cm³/mol. The van der Waals surface area contributed by atoms with Crippen LogP contribution < -0.4 is 10.2 Å². The van der Waals surface area contributed by atoms with Gasteiger partial charge in [0.1, 0.15) is 0 Å². The molecule has 1 amide bonds. The van der Waals surface area contributed by atoms with Gasteiger partial charge >= 0.3 is 0 Å². The Morgan fingerprint density at radius 3 is 2.60 bits per heavy atom. The van der Waals surface area contributed by atoms with Crippen molar-refractivity contribution in [3.63, 3.8) is 0 Å². The van der Waals surface area contributed by atoms with Crippen molar-refractivity contribution in [1.29, 1.82) is 0 Å². The number of hydrogen-bond donors (Lipinski definition) is 1. The fourth-order valence-electron chi connectivity index (χ4n) is 3.85. The third-order valence-corrected chi connectivity index (χ3v) is 5.47. The summed E-state index contributed by atoms with van der Waals surface area (Å²) in [6.07, 6.45) is 3.20. The van der Waals surface area contributed by atoms with Crippen LogP contribution in [0.2, 0.25) is 0 Å². The molecule has 0 atom stereocenters. The van der Waals surface area contributed by atoms with E-state index in [0.717, 1.165) is 48.5 Å². The Kier molecular flexibility index (Phi) is 5.58. The number of aromatic nitrogens is 1. The maximum Gasteiger partial charge on any atom is 0.278 e. The van der Waals surface area contributed by atoms with Crippen LogP contribution in [0.4, 0.5) is 17.1 Å². The smallest absolute Gasteiger partial charge is 0.278 e. The Balaban J connectivity index is 1.41. The number of anilines is 2. The fourth-order valence-corrected chi connectivity index (χ4v) is 3.85. The molecule has 1 aliphatic heterocycles. The molecule has 1 N–H and O–H groups in total. The lowest BCUT2D eigenvalue weighted by atomic mass is 10.1. The molecule has 8 nitrogen and oxygen atoms in total. The molecule has 0 radical (unpaired) electrons. The van der Waals surface area contributed by atoms with E-state index in [2.05, 4.69) is 20.1 Å². The molecule has 0 bridgehead atoms. The molecule has 2 aromatic carbocycles. The number of nitrogens with zero attached hydrogens (tertiary/aromatic N) is 4. The highest BCUT2D eigenvalue weighted by molar-refractivity contribution is 5.99. The van der Waals surface area contributed by atoms with E-state index in [4.69, 9.17) is 0 Å². The summed E-state index contributed by atoms with van der Waals surface area (Å²) in [6, 6.07) is 12.9. The molecule has 4 rings (SSSR count). The predicted octanol–water partition coefficient (Wildman–Crippen LogP) is 3.21. The molecule has 30 heavy (non-hydrogen) atoms. The summed E-state index contributed by atoms with van der Waals surface area (Å²) >= 11 is 0. The number of nitro groups is 1. The van der Waals surface area contributed by atoms with E-state index in [1.165, 1.54) is 0 Å². The van der Waals surface area contributed by atoms with Crippen LogP contribution in [0.5, 0.6) is 0 Å². The average molecular weight is 405 g/mol. The second-order valence-corrected chi connectivity index (χ2v) is 7.41. The molecule has 1 fully saturated rings. The highest BCUT2D eigenvalue weighted by atomic mass is 16.6. The van der Waals surface area contributed by atoms with Crippen molar-refractivity contribution >= 4 is 33.7 Å². The monoisotopic (exact) mass is 405 g/mol. The number of carbonyl (C=O) groups excluding carboxylic acids is 1. The van der Waals surface area contributed by atoms with Gasteiger partial charge in [-0.1, -0.05) is 18.2 Å². The number of carbonyl (C=O) groups is 1. The normalized spacial score (nSPS) is 14.6. The molecule has 1 aromatic heterocycles. The number of pyridine rings is 1. The van der Waals surface area contributed by atoms with Gasteiger partial charge in [-0.3, -0.25) is 24.8 Å². The maximum absolute atomic E-state index is 12.4. The maximum atomic E-state index is 12.4. The lowest BCUT2D eigenvalue weighted by Gasteiger charge is -2.36. The van der Waals surface area contributed by atoms with Crippen LogP contribution in [0.25, 0.3) is 10.8 Å². The highest BCUT2D eigenvalue weighted by Crippen LogP contribution is 2.33. The number of amides is 1. The number of nitrogens with one attached hydrogen (secondary N) is 1. The second kappa shape index (κ2) is 8.46. The summed E-state index contributed by atoms with van der Waals surface area (Å²) in [7, 11) is 0. The first-order valence-electron chi connectivity index (χ1n) is 9.87. The third kappa shape index (κ3) is 4.08. The zero-order valence-electron chi connectivity index (χ0n) is 16.7. The number of aryl methyl sites for hydroxylation is 1. The van der Waals surface area contributed by atoms with Gasteiger partial charge in [0, 0.05) is 61.4 Å². The molecular weight excluding hydrogens is 382 g/mol. The Hall–Kier alpha value is -3.52. The van der Waals surface area contributed by atoms with Gasteiger partial charge in [0.15, 0.2) is 0 Å². The van der Waals surface area contributed by atoms with E-state index in [1.807, 2.05) is 37.3 Å². The molecule has 2 heterocycles. The van der Waals surface area contributed by atoms with Gasteiger partial charge < -0.3 is 10.2 Å². The number of benzene rings is 2. The number of piperazine rings is 1. The second-order valence-electron chi connectivity index (χ2n) is 7.41. The first-order valence-corrected chi connectivity index (χ1v) is 9.87. The van der Waals surface area contributed by atoms with Gasteiger partial charge in [0.2, 0.25) is 5.91 Å². The summed E-state index contributed by atoms with van der Waals surface area (Å²) in [5, 5.41) is 15.7. The summed E-state index contributed by atoms with van der Waals surface area (Å²) < 4.78 is 0. The van der Waals surface area contributed by atoms with Gasteiger partial charge in [0.05, 0.1) is 16.9 Å². The molecule has 1 saturated heterocycles. The first-order chi connectivity index (χ1) is 14.5. The lowest BCUT2D eigenvalue weighted by Crippen LogP contribution is -2.48. The Morgan fingerprint density at radius 2 is 1.87 bits per heavy atom. The van der Waals surface area contributed by atoms with Crippen LogP contribution >= 0.6 is 0 Å². The summed E-state index contributed by atoms with van der Waals surface area (Å²) in [5.41, 5.74) is 2.90. The van der Waals surface area contributed by atoms with Crippen LogP contribution in [-0.4, -0.2) is 53.4 Å². The molecule has 0 unspecified atom stereocenters. The minimum atomic E-state index is -0.376. The van der Waals surface area contributed by atoms with Crippen LogP contribution in [-0.2, 0) is 4.79 Å². The van der Waals surface area contributed by atoms with E-state index in [9.17, 15) is 14.9 Å². The number of fused-ring (bicyclic) bond motifs is 1. The Bertz CT molecular complexity index is 1090. The molecule has 0 saturated carbocycles. The van der Waals surface area contributed by atoms with Gasteiger partial charge in [-0.15, -0.1) is 0 Å². The van der Waals surface area contributed by atoms with E-state index in [1.54, 1.807) is 24.5 Å². The van der Waals surface area contributed by atoms with E-state index < -0.39 is 0 Å². The van der Waals surface area contributed by atoms with Crippen LogP contribution in [0.1, 0.15) is 5.56 Å². The Labute approximate surface area is 174 Å². The summed E-state index contributed by atoms with van der Waals surface area (Å²) in [4.78, 5) is 31.8. The molecule has 0 aliphatic carbocycles. The summed E-state index contributed by atoms with van der Waals surface area (Å²) in [5.74, 6) is -0.0235. The minimum Gasteiger partial charge on any atom is -0.368 e. The van der Waals surface area contributed by atoms with Crippen molar-refractivity contribution in [2.75, 3.05) is 42.9 Å². The van der Waals surface area contributed by atoms with Crippen molar-refractivity contribution in [2.24, 2.45) is 0 Å². The van der Waals surface area contributed by atoms with E-state index in [-0.39, 0.29) is 16.5 Å². The van der Waals surface area contributed by atoms with Gasteiger partial charge in [-0.05, 0) is 30.7 Å². The van der Waals surface area contributed by atoms with Crippen molar-refractivity contribution in [1.82, 2.24) is 9.88 Å². The van der Waals surface area contributed by atoms with E-state index in [0.29, 0.717) is 11.9 Å². The number of para-hydroxylation sites is 1. The number of hydrogen-bond acceptors (Lipinski definition) is 6. The van der Waals surface area contributed by atoms with Crippen molar-refractivity contribution < 1.29 is 9.72 Å². The highest BCUT2D eigenvalue weighted by Gasteiger charge is 2.23. The minimum absolute atomic E-state index is 0.0235. The number of non-ortho nitro benzene ring substituents is 1. The SMILES string of the molecule is Cc1ccccc1NC(=O)CN1CCN(c2ccc([N+](=O)[O-])c3cnccc23)CC1. The molecule has 3 aromatic rings. The van der Waals surface area contributed by atoms with Crippen molar-refractivity contribution in [3.05, 3.63) is 70.5 Å². The molecule has 1 aliphatic rings. The number of nitro benzene ring substituents is 1. The van der Waals surface area contributed by atoms with Gasteiger partial charge in [0.25, 0.3) is 5.69 Å². The van der Waals surface area contributed by atoms with Crippen LogP contribution in [0.3, 0.4) is 0 Å². The molecule has 8 heteroatoms. The van der Waals surface area contributed by atoms with Crippen LogP contribution in [0, 0.1) is 17.0 Å².